The van der Waals surface area contributed by atoms with Crippen LogP contribution in [0.1, 0.15) is 23.2 Å². The zero-order valence-corrected chi connectivity index (χ0v) is 18.1. The Hall–Kier alpha value is -1.49. The summed E-state index contributed by atoms with van der Waals surface area (Å²) in [5.74, 6) is 0.931. The van der Waals surface area contributed by atoms with Gasteiger partial charge in [-0.3, -0.25) is 0 Å². The fourth-order valence-corrected chi connectivity index (χ4v) is 3.55. The predicted octanol–water partition coefficient (Wildman–Crippen LogP) is 2.94. The van der Waals surface area contributed by atoms with Crippen LogP contribution in [-0.4, -0.2) is 41.6 Å². The molecule has 6 nitrogen and oxygen atoms in total. The van der Waals surface area contributed by atoms with E-state index in [0.717, 1.165) is 35.4 Å². The summed E-state index contributed by atoms with van der Waals surface area (Å²) in [6.07, 6.45) is 4.41. The first-order valence-electron chi connectivity index (χ1n) is 8.47. The molecule has 1 saturated heterocycles. The van der Waals surface area contributed by atoms with Gasteiger partial charge in [-0.25, -0.2) is 19.4 Å². The highest BCUT2D eigenvalue weighted by atomic mass is 127. The lowest BCUT2D eigenvalue weighted by molar-refractivity contribution is 0.612. The molecule has 0 aliphatic carbocycles. The summed E-state index contributed by atoms with van der Waals surface area (Å²) in [6.45, 7) is 6.91. The highest BCUT2D eigenvalue weighted by Crippen LogP contribution is 2.20. The van der Waals surface area contributed by atoms with Crippen LogP contribution in [0.2, 0.25) is 0 Å². The number of pyridine rings is 1. The SMILES string of the molecule is CCNC(=NCc1cnc(C)s1)NC1CCN(c2ncccc2F)C1.I. The zero-order chi connectivity index (χ0) is 17.6. The number of hydrogen-bond donors (Lipinski definition) is 2. The van der Waals surface area contributed by atoms with Gasteiger partial charge >= 0.3 is 0 Å². The van der Waals surface area contributed by atoms with E-state index in [1.807, 2.05) is 24.9 Å². The molecule has 3 rings (SSSR count). The number of thiazole rings is 1. The third-order valence-electron chi connectivity index (χ3n) is 3.97. The third-order valence-corrected chi connectivity index (χ3v) is 4.87. The van der Waals surface area contributed by atoms with E-state index in [1.165, 1.54) is 6.07 Å². The molecule has 1 atom stereocenters. The normalized spacial score (nSPS) is 17.1. The molecule has 0 spiro atoms. The van der Waals surface area contributed by atoms with Gasteiger partial charge < -0.3 is 15.5 Å². The van der Waals surface area contributed by atoms with E-state index in [9.17, 15) is 4.39 Å². The third kappa shape index (κ3) is 5.50. The van der Waals surface area contributed by atoms with Crippen molar-refractivity contribution < 1.29 is 4.39 Å². The predicted molar refractivity (Wildman–Crippen MR) is 115 cm³/mol. The number of aliphatic imine (C=N–C) groups is 1. The Bertz CT molecular complexity index is 738. The molecule has 1 fully saturated rings. The summed E-state index contributed by atoms with van der Waals surface area (Å²) < 4.78 is 13.9. The smallest absolute Gasteiger partial charge is 0.191 e. The van der Waals surface area contributed by atoms with Crippen LogP contribution in [0.3, 0.4) is 0 Å². The lowest BCUT2D eigenvalue weighted by Gasteiger charge is -2.19. The molecule has 9 heteroatoms. The lowest BCUT2D eigenvalue weighted by Crippen LogP contribution is -2.44. The minimum absolute atomic E-state index is 0. The maximum atomic E-state index is 13.9. The van der Waals surface area contributed by atoms with Gasteiger partial charge in [0.15, 0.2) is 17.6 Å². The molecular weight excluding hydrogens is 466 g/mol. The standard InChI is InChI=1S/C17H23FN6S.HI/c1-3-19-17(22-10-14-9-21-12(2)25-14)23-13-6-8-24(11-13)16-15(18)5-4-7-20-16;/h4-5,7,9,13H,3,6,8,10-11H2,1-2H3,(H2,19,22,23);1H. The number of guanidine groups is 1. The molecule has 2 aromatic heterocycles. The number of halogens is 2. The van der Waals surface area contributed by atoms with Gasteiger partial charge in [-0.1, -0.05) is 0 Å². The summed E-state index contributed by atoms with van der Waals surface area (Å²) in [5.41, 5.74) is 0. The summed E-state index contributed by atoms with van der Waals surface area (Å²) in [5, 5.41) is 7.76. The van der Waals surface area contributed by atoms with Crippen molar-refractivity contribution in [3.05, 3.63) is 40.2 Å². The Kier molecular flexibility index (Phi) is 8.01. The fourth-order valence-electron chi connectivity index (χ4n) is 2.83. The van der Waals surface area contributed by atoms with Gasteiger partial charge in [0.25, 0.3) is 0 Å². The van der Waals surface area contributed by atoms with Gasteiger partial charge in [0.2, 0.25) is 0 Å². The number of nitrogens with zero attached hydrogens (tertiary/aromatic N) is 4. The quantitative estimate of drug-likeness (QED) is 0.384. The van der Waals surface area contributed by atoms with E-state index >= 15 is 0 Å². The monoisotopic (exact) mass is 490 g/mol. The van der Waals surface area contributed by atoms with Crippen LogP contribution in [-0.2, 0) is 6.54 Å². The molecule has 2 N–H and O–H groups in total. The topological polar surface area (TPSA) is 65.4 Å². The average Bonchev–Trinajstić information content (AvgIpc) is 3.22. The second-order valence-corrected chi connectivity index (χ2v) is 7.24. The minimum Gasteiger partial charge on any atom is -0.357 e. The van der Waals surface area contributed by atoms with E-state index in [1.54, 1.807) is 23.6 Å². The Morgan fingerprint density at radius 3 is 3.00 bits per heavy atom. The number of nitrogens with one attached hydrogen (secondary N) is 2. The van der Waals surface area contributed by atoms with Crippen LogP contribution >= 0.6 is 35.3 Å². The van der Waals surface area contributed by atoms with Gasteiger partial charge in [0.05, 0.1) is 11.6 Å². The molecule has 0 amide bonds. The maximum Gasteiger partial charge on any atom is 0.191 e. The first-order chi connectivity index (χ1) is 12.2. The van der Waals surface area contributed by atoms with Gasteiger partial charge in [0.1, 0.15) is 0 Å². The first-order valence-corrected chi connectivity index (χ1v) is 9.29. The molecule has 142 valence electrons. The molecule has 0 saturated carbocycles. The zero-order valence-electron chi connectivity index (χ0n) is 14.9. The van der Waals surface area contributed by atoms with Crippen molar-refractivity contribution in [2.45, 2.75) is 32.9 Å². The maximum absolute atomic E-state index is 13.9. The minimum atomic E-state index is -0.274. The molecule has 1 unspecified atom stereocenters. The van der Waals surface area contributed by atoms with E-state index in [-0.39, 0.29) is 35.8 Å². The second-order valence-electron chi connectivity index (χ2n) is 5.93. The van der Waals surface area contributed by atoms with Crippen molar-refractivity contribution in [1.29, 1.82) is 0 Å². The van der Waals surface area contributed by atoms with Crippen LogP contribution in [0.4, 0.5) is 10.2 Å². The molecule has 3 heterocycles. The van der Waals surface area contributed by atoms with E-state index in [4.69, 9.17) is 0 Å². The molecule has 0 aromatic carbocycles. The number of rotatable bonds is 5. The number of aryl methyl sites for hydroxylation is 1. The van der Waals surface area contributed by atoms with Gasteiger partial charge in [-0.15, -0.1) is 35.3 Å². The first kappa shape index (κ1) is 20.8. The van der Waals surface area contributed by atoms with Crippen LogP contribution in [0, 0.1) is 12.7 Å². The highest BCUT2D eigenvalue weighted by molar-refractivity contribution is 14.0. The largest absolute Gasteiger partial charge is 0.357 e. The van der Waals surface area contributed by atoms with Gasteiger partial charge in [0, 0.05) is 42.9 Å². The summed E-state index contributed by atoms with van der Waals surface area (Å²) >= 11 is 1.66. The van der Waals surface area contributed by atoms with Gasteiger partial charge in [-0.05, 0) is 32.4 Å². The van der Waals surface area contributed by atoms with Crippen LogP contribution in [0.25, 0.3) is 0 Å². The molecular formula is C17H24FIN6S. The second kappa shape index (κ2) is 10.0. The van der Waals surface area contributed by atoms with E-state index < -0.39 is 0 Å². The average molecular weight is 490 g/mol. The molecule has 26 heavy (non-hydrogen) atoms. The van der Waals surface area contributed by atoms with Crippen molar-refractivity contribution in [2.24, 2.45) is 4.99 Å². The van der Waals surface area contributed by atoms with E-state index in [0.29, 0.717) is 18.9 Å². The Morgan fingerprint density at radius 2 is 2.31 bits per heavy atom. The van der Waals surface area contributed by atoms with Crippen molar-refractivity contribution in [1.82, 2.24) is 20.6 Å². The number of aromatic nitrogens is 2. The van der Waals surface area contributed by atoms with Crippen LogP contribution < -0.4 is 15.5 Å². The van der Waals surface area contributed by atoms with Crippen molar-refractivity contribution >= 4 is 47.1 Å². The van der Waals surface area contributed by atoms with Gasteiger partial charge in [-0.2, -0.15) is 0 Å². The van der Waals surface area contributed by atoms with E-state index in [2.05, 4.69) is 25.6 Å². The molecule has 1 aliphatic rings. The molecule has 0 bridgehead atoms. The Labute approximate surface area is 174 Å². The van der Waals surface area contributed by atoms with Crippen molar-refractivity contribution in [3.8, 4) is 0 Å². The summed E-state index contributed by atoms with van der Waals surface area (Å²) in [4.78, 5) is 16.2. The molecule has 0 radical (unpaired) electrons. The summed E-state index contributed by atoms with van der Waals surface area (Å²) in [6, 6.07) is 3.27. The van der Waals surface area contributed by atoms with Crippen molar-refractivity contribution in [2.75, 3.05) is 24.5 Å². The lowest BCUT2D eigenvalue weighted by atomic mass is 10.3. The van der Waals surface area contributed by atoms with Crippen LogP contribution in [0.15, 0.2) is 29.5 Å². The Morgan fingerprint density at radius 1 is 1.46 bits per heavy atom. The van der Waals surface area contributed by atoms with Crippen LogP contribution in [0.5, 0.6) is 0 Å². The summed E-state index contributed by atoms with van der Waals surface area (Å²) in [7, 11) is 0. The van der Waals surface area contributed by atoms with Crippen molar-refractivity contribution in [3.63, 3.8) is 0 Å². The molecule has 2 aromatic rings. The Balaban J connectivity index is 0.00000243. The number of hydrogen-bond acceptors (Lipinski definition) is 5. The fraction of sp³-hybridized carbons (Fsp3) is 0.471. The molecule has 1 aliphatic heterocycles. The number of anilines is 1. The highest BCUT2D eigenvalue weighted by Gasteiger charge is 2.25.